The molecule has 1 fully saturated rings. The maximum absolute atomic E-state index is 13.3. The first-order valence-corrected chi connectivity index (χ1v) is 7.33. The van der Waals surface area contributed by atoms with Crippen molar-refractivity contribution in [3.63, 3.8) is 0 Å². The van der Waals surface area contributed by atoms with E-state index in [1.165, 1.54) is 18.9 Å². The van der Waals surface area contributed by atoms with E-state index in [1.807, 2.05) is 6.07 Å². The zero-order valence-corrected chi connectivity index (χ0v) is 11.7. The molecular formula is C16H24FNO. The van der Waals surface area contributed by atoms with Crippen molar-refractivity contribution in [3.8, 4) is 0 Å². The van der Waals surface area contributed by atoms with Crippen LogP contribution in [0, 0.1) is 11.7 Å². The Morgan fingerprint density at radius 2 is 2.26 bits per heavy atom. The summed E-state index contributed by atoms with van der Waals surface area (Å²) in [6, 6.07) is 6.88. The fourth-order valence-electron chi connectivity index (χ4n) is 2.15. The molecule has 0 radical (unpaired) electrons. The van der Waals surface area contributed by atoms with Crippen LogP contribution in [0.4, 0.5) is 4.39 Å². The maximum Gasteiger partial charge on any atom is 0.123 e. The summed E-state index contributed by atoms with van der Waals surface area (Å²) in [5, 5.41) is 3.40. The van der Waals surface area contributed by atoms with Gasteiger partial charge < -0.3 is 10.1 Å². The van der Waals surface area contributed by atoms with E-state index in [1.54, 1.807) is 12.1 Å². The van der Waals surface area contributed by atoms with Crippen LogP contribution in [0.2, 0.25) is 0 Å². The Morgan fingerprint density at radius 1 is 1.42 bits per heavy atom. The second-order valence-electron chi connectivity index (χ2n) is 5.44. The fourth-order valence-corrected chi connectivity index (χ4v) is 2.15. The summed E-state index contributed by atoms with van der Waals surface area (Å²) in [7, 11) is 0. The van der Waals surface area contributed by atoms with Crippen LogP contribution in [0.15, 0.2) is 24.3 Å². The largest absolute Gasteiger partial charge is 0.380 e. The van der Waals surface area contributed by atoms with Gasteiger partial charge in [0, 0.05) is 19.1 Å². The maximum atomic E-state index is 13.3. The molecule has 1 saturated carbocycles. The number of hydrogen-bond acceptors (Lipinski definition) is 2. The fraction of sp³-hybridized carbons (Fsp3) is 0.625. The first-order chi connectivity index (χ1) is 9.29. The van der Waals surface area contributed by atoms with Crippen LogP contribution in [-0.2, 0) is 4.74 Å². The van der Waals surface area contributed by atoms with Gasteiger partial charge >= 0.3 is 0 Å². The zero-order chi connectivity index (χ0) is 13.5. The lowest BCUT2D eigenvalue weighted by Crippen LogP contribution is -2.25. The molecule has 2 rings (SSSR count). The van der Waals surface area contributed by atoms with Gasteiger partial charge in [-0.15, -0.1) is 0 Å². The average Bonchev–Trinajstić information content (AvgIpc) is 3.21. The normalized spacial score (nSPS) is 16.5. The Kier molecular flexibility index (Phi) is 5.80. The molecule has 3 heteroatoms. The van der Waals surface area contributed by atoms with Crippen molar-refractivity contribution in [3.05, 3.63) is 35.6 Å². The first-order valence-electron chi connectivity index (χ1n) is 7.33. The molecule has 0 saturated heterocycles. The molecule has 0 spiro atoms. The van der Waals surface area contributed by atoms with Crippen molar-refractivity contribution in [1.29, 1.82) is 0 Å². The van der Waals surface area contributed by atoms with E-state index < -0.39 is 0 Å². The molecule has 1 aromatic rings. The van der Waals surface area contributed by atoms with Crippen molar-refractivity contribution in [2.45, 2.75) is 32.1 Å². The quantitative estimate of drug-likeness (QED) is 0.691. The third-order valence-electron chi connectivity index (χ3n) is 3.51. The lowest BCUT2D eigenvalue weighted by atomic mass is 10.00. The molecule has 0 bridgehead atoms. The minimum atomic E-state index is -0.166. The minimum Gasteiger partial charge on any atom is -0.380 e. The van der Waals surface area contributed by atoms with Gasteiger partial charge in [0.2, 0.25) is 0 Å². The Balaban J connectivity index is 1.87. The number of rotatable bonds is 9. The minimum absolute atomic E-state index is 0.166. The van der Waals surface area contributed by atoms with Gasteiger partial charge in [0.05, 0.1) is 6.61 Å². The van der Waals surface area contributed by atoms with E-state index in [0.29, 0.717) is 6.61 Å². The van der Waals surface area contributed by atoms with E-state index in [4.69, 9.17) is 4.74 Å². The van der Waals surface area contributed by atoms with E-state index in [9.17, 15) is 4.39 Å². The molecule has 1 atom stereocenters. The molecule has 1 aliphatic rings. The molecule has 0 heterocycles. The summed E-state index contributed by atoms with van der Waals surface area (Å²) in [6.45, 7) is 5.53. The Bertz CT molecular complexity index is 379. The van der Waals surface area contributed by atoms with E-state index in [2.05, 4.69) is 12.2 Å². The van der Waals surface area contributed by atoms with Crippen LogP contribution in [0.3, 0.4) is 0 Å². The van der Waals surface area contributed by atoms with Gasteiger partial charge in [-0.2, -0.15) is 0 Å². The standard InChI is InChI=1S/C16H24FNO/c1-2-8-18-10-15(12-19-11-13-6-7-13)14-4-3-5-16(17)9-14/h3-5,9,13,15,18H,2,6-8,10-12H2,1H3. The second-order valence-corrected chi connectivity index (χ2v) is 5.44. The number of benzene rings is 1. The predicted molar refractivity (Wildman–Crippen MR) is 75.8 cm³/mol. The summed E-state index contributed by atoms with van der Waals surface area (Å²) < 4.78 is 19.1. The van der Waals surface area contributed by atoms with Crippen molar-refractivity contribution < 1.29 is 9.13 Å². The lowest BCUT2D eigenvalue weighted by Gasteiger charge is -2.18. The van der Waals surface area contributed by atoms with Crippen LogP contribution in [-0.4, -0.2) is 26.3 Å². The first kappa shape index (κ1) is 14.5. The van der Waals surface area contributed by atoms with Crippen LogP contribution in [0.25, 0.3) is 0 Å². The van der Waals surface area contributed by atoms with Crippen molar-refractivity contribution >= 4 is 0 Å². The van der Waals surface area contributed by atoms with E-state index in [-0.39, 0.29) is 11.7 Å². The summed E-state index contributed by atoms with van der Waals surface area (Å²) >= 11 is 0. The lowest BCUT2D eigenvalue weighted by molar-refractivity contribution is 0.110. The molecule has 0 amide bonds. The molecular weight excluding hydrogens is 241 g/mol. The second kappa shape index (κ2) is 7.61. The van der Waals surface area contributed by atoms with Crippen molar-refractivity contribution in [2.75, 3.05) is 26.3 Å². The molecule has 1 unspecified atom stereocenters. The monoisotopic (exact) mass is 265 g/mol. The molecule has 19 heavy (non-hydrogen) atoms. The van der Waals surface area contributed by atoms with Gasteiger partial charge in [-0.05, 0) is 49.4 Å². The third-order valence-corrected chi connectivity index (χ3v) is 3.51. The summed E-state index contributed by atoms with van der Waals surface area (Å²) in [5.74, 6) is 0.845. The van der Waals surface area contributed by atoms with Crippen LogP contribution in [0.1, 0.15) is 37.7 Å². The van der Waals surface area contributed by atoms with Gasteiger partial charge in [0.1, 0.15) is 5.82 Å². The summed E-state index contributed by atoms with van der Waals surface area (Å²) in [4.78, 5) is 0. The number of hydrogen-bond donors (Lipinski definition) is 1. The van der Waals surface area contributed by atoms with Gasteiger partial charge in [-0.3, -0.25) is 0 Å². The summed E-state index contributed by atoms with van der Waals surface area (Å²) in [6.07, 6.45) is 3.72. The highest BCUT2D eigenvalue weighted by molar-refractivity contribution is 5.21. The molecule has 1 aromatic carbocycles. The molecule has 2 nitrogen and oxygen atoms in total. The van der Waals surface area contributed by atoms with Crippen LogP contribution < -0.4 is 5.32 Å². The Labute approximate surface area is 115 Å². The predicted octanol–water partition coefficient (Wildman–Crippen LogP) is 3.34. The van der Waals surface area contributed by atoms with Gasteiger partial charge in [-0.25, -0.2) is 4.39 Å². The Morgan fingerprint density at radius 3 is 2.95 bits per heavy atom. The van der Waals surface area contributed by atoms with Gasteiger partial charge in [0.15, 0.2) is 0 Å². The van der Waals surface area contributed by atoms with Crippen LogP contribution in [0.5, 0.6) is 0 Å². The number of halogens is 1. The molecule has 0 aliphatic heterocycles. The SMILES string of the molecule is CCCNCC(COCC1CC1)c1cccc(F)c1. The molecule has 1 N–H and O–H groups in total. The van der Waals surface area contributed by atoms with E-state index in [0.717, 1.165) is 37.6 Å². The Hall–Kier alpha value is -0.930. The molecule has 1 aliphatic carbocycles. The highest BCUT2D eigenvalue weighted by atomic mass is 19.1. The number of ether oxygens (including phenoxy) is 1. The van der Waals surface area contributed by atoms with Crippen molar-refractivity contribution in [2.24, 2.45) is 5.92 Å². The molecule has 0 aromatic heterocycles. The third kappa shape index (κ3) is 5.29. The molecule has 106 valence electrons. The smallest absolute Gasteiger partial charge is 0.123 e. The highest BCUT2D eigenvalue weighted by Crippen LogP contribution is 2.29. The van der Waals surface area contributed by atoms with Gasteiger partial charge in [0.25, 0.3) is 0 Å². The van der Waals surface area contributed by atoms with Gasteiger partial charge in [-0.1, -0.05) is 19.1 Å². The summed E-state index contributed by atoms with van der Waals surface area (Å²) in [5.41, 5.74) is 1.03. The zero-order valence-electron chi connectivity index (χ0n) is 11.7. The van der Waals surface area contributed by atoms with Crippen molar-refractivity contribution in [1.82, 2.24) is 5.32 Å². The van der Waals surface area contributed by atoms with Crippen LogP contribution >= 0.6 is 0 Å². The van der Waals surface area contributed by atoms with E-state index >= 15 is 0 Å². The highest BCUT2D eigenvalue weighted by Gasteiger charge is 2.22. The average molecular weight is 265 g/mol. The topological polar surface area (TPSA) is 21.3 Å². The number of nitrogens with one attached hydrogen (secondary N) is 1.